The van der Waals surface area contributed by atoms with Crippen molar-refractivity contribution in [3.63, 3.8) is 0 Å². The SMILES string of the molecule is COc1ccc(N(N=O)c2ccc(NSOO)cc2)cc1.[Y].[Y]. The third-order valence-electron chi connectivity index (χ3n) is 2.71. The van der Waals surface area contributed by atoms with E-state index in [0.717, 1.165) is 0 Å². The number of benzene rings is 2. The smallest absolute Gasteiger partial charge is 0.148 e. The summed E-state index contributed by atoms with van der Waals surface area (Å²) in [5, 5.41) is 12.5. The molecule has 116 valence electrons. The van der Waals surface area contributed by atoms with Gasteiger partial charge in [-0.2, -0.15) is 5.01 Å². The van der Waals surface area contributed by atoms with Crippen LogP contribution in [0.1, 0.15) is 0 Å². The molecule has 0 aliphatic heterocycles. The molecule has 0 amide bonds. The second-order valence-electron chi connectivity index (χ2n) is 3.90. The molecule has 2 rings (SSSR count). The summed E-state index contributed by atoms with van der Waals surface area (Å²) in [5.41, 5.74) is 1.94. The Morgan fingerprint density at radius 3 is 2.00 bits per heavy atom. The monoisotopic (exact) mass is 485 g/mol. The standard InChI is InChI=1S/C13H13N3O4S.2Y/c1-19-13-8-6-12(7-9-13)16(15-17)11-4-2-10(3-5-11)14-21-20-18;;/h2-9,14,18H,1H3;;. The van der Waals surface area contributed by atoms with E-state index in [1.54, 1.807) is 55.6 Å². The number of hydrogen-bond acceptors (Lipinski definition) is 7. The fraction of sp³-hybridized carbons (Fsp3) is 0.0769. The normalized spacial score (nSPS) is 9.13. The van der Waals surface area contributed by atoms with Crippen LogP contribution in [0.25, 0.3) is 0 Å². The summed E-state index contributed by atoms with van der Waals surface area (Å²) in [4.78, 5) is 11.1. The summed E-state index contributed by atoms with van der Waals surface area (Å²) in [7, 11) is 1.57. The zero-order valence-corrected chi connectivity index (χ0v) is 18.7. The van der Waals surface area contributed by atoms with Crippen molar-refractivity contribution in [2.45, 2.75) is 0 Å². The van der Waals surface area contributed by atoms with Crippen molar-refractivity contribution in [3.05, 3.63) is 53.4 Å². The predicted octanol–water partition coefficient (Wildman–Crippen LogP) is 3.97. The van der Waals surface area contributed by atoms with Gasteiger partial charge in [0.25, 0.3) is 0 Å². The van der Waals surface area contributed by atoms with E-state index in [1.165, 1.54) is 5.01 Å². The Labute approximate surface area is 188 Å². The summed E-state index contributed by atoms with van der Waals surface area (Å²) in [5.74, 6) is 0.699. The van der Waals surface area contributed by atoms with E-state index in [0.29, 0.717) is 35.0 Å². The number of hydrogen-bond donors (Lipinski definition) is 2. The van der Waals surface area contributed by atoms with Gasteiger partial charge in [0.15, 0.2) is 0 Å². The minimum Gasteiger partial charge on any atom is -0.497 e. The molecular weight excluding hydrogens is 472 g/mol. The molecule has 2 aromatic carbocycles. The van der Waals surface area contributed by atoms with Crippen LogP contribution in [0.5, 0.6) is 5.75 Å². The molecule has 0 spiro atoms. The molecule has 2 N–H and O–H groups in total. The van der Waals surface area contributed by atoms with Gasteiger partial charge >= 0.3 is 0 Å². The molecule has 0 aromatic heterocycles. The molecular formula is C13H13N3O4SY2. The van der Waals surface area contributed by atoms with Gasteiger partial charge < -0.3 is 9.46 Å². The Morgan fingerprint density at radius 1 is 1.04 bits per heavy atom. The van der Waals surface area contributed by atoms with Crippen LogP contribution in [-0.2, 0) is 69.8 Å². The van der Waals surface area contributed by atoms with Crippen molar-refractivity contribution in [2.24, 2.45) is 5.29 Å². The van der Waals surface area contributed by atoms with E-state index in [-0.39, 0.29) is 65.4 Å². The number of ether oxygens (including phenoxy) is 1. The fourth-order valence-corrected chi connectivity index (χ4v) is 1.97. The Balaban J connectivity index is 0.00000242. The van der Waals surface area contributed by atoms with E-state index in [1.807, 2.05) is 0 Å². The van der Waals surface area contributed by atoms with Crippen molar-refractivity contribution < 1.29 is 79.7 Å². The van der Waals surface area contributed by atoms with Gasteiger partial charge in [0.2, 0.25) is 0 Å². The van der Waals surface area contributed by atoms with Crippen LogP contribution in [0, 0.1) is 4.91 Å². The van der Waals surface area contributed by atoms with Crippen LogP contribution in [0.2, 0.25) is 0 Å². The van der Waals surface area contributed by atoms with Crippen molar-refractivity contribution in [3.8, 4) is 5.75 Å². The molecule has 0 heterocycles. The fourth-order valence-electron chi connectivity index (χ4n) is 1.70. The minimum atomic E-state index is 0. The average molecular weight is 485 g/mol. The molecule has 0 saturated carbocycles. The molecule has 0 bridgehead atoms. The first-order valence-corrected chi connectivity index (χ1v) is 6.63. The Kier molecular flexibility index (Phi) is 12.3. The molecule has 7 nitrogen and oxygen atoms in total. The largest absolute Gasteiger partial charge is 0.497 e. The van der Waals surface area contributed by atoms with Gasteiger partial charge in [0.1, 0.15) is 18.0 Å². The quantitative estimate of drug-likeness (QED) is 0.202. The molecule has 0 aliphatic rings. The van der Waals surface area contributed by atoms with Crippen LogP contribution in [0.15, 0.2) is 53.8 Å². The van der Waals surface area contributed by atoms with Crippen LogP contribution in [0.3, 0.4) is 0 Å². The molecule has 0 aliphatic carbocycles. The topological polar surface area (TPSA) is 83.4 Å². The predicted molar refractivity (Wildman–Crippen MR) is 82.3 cm³/mol. The zero-order chi connectivity index (χ0) is 15.1. The zero-order valence-electron chi connectivity index (χ0n) is 12.2. The molecule has 0 fully saturated rings. The van der Waals surface area contributed by atoms with Crippen molar-refractivity contribution in [2.75, 3.05) is 16.8 Å². The number of methoxy groups -OCH3 is 1. The summed E-state index contributed by atoms with van der Waals surface area (Å²) >= 11 is 0.675. The number of nitrogens with zero attached hydrogens (tertiary/aromatic N) is 2. The molecule has 0 unspecified atom stereocenters. The van der Waals surface area contributed by atoms with Crippen LogP contribution in [-0.4, -0.2) is 12.4 Å². The average Bonchev–Trinajstić information content (AvgIpc) is 2.55. The van der Waals surface area contributed by atoms with Gasteiger partial charge in [-0.3, -0.25) is 0 Å². The maximum atomic E-state index is 11.1. The van der Waals surface area contributed by atoms with Crippen molar-refractivity contribution in [1.82, 2.24) is 0 Å². The van der Waals surface area contributed by atoms with E-state index in [9.17, 15) is 4.91 Å². The summed E-state index contributed by atoms with van der Waals surface area (Å²) in [6.45, 7) is 0. The number of anilines is 3. The second-order valence-corrected chi connectivity index (χ2v) is 4.42. The maximum absolute atomic E-state index is 11.1. The summed E-state index contributed by atoms with van der Waals surface area (Å²) < 4.78 is 11.7. The molecule has 2 aromatic rings. The number of rotatable bonds is 7. The minimum absolute atomic E-state index is 0. The van der Waals surface area contributed by atoms with Crippen molar-refractivity contribution >= 4 is 29.3 Å². The van der Waals surface area contributed by atoms with Gasteiger partial charge in [-0.25, -0.2) is 5.26 Å². The van der Waals surface area contributed by atoms with Gasteiger partial charge in [-0.15, -0.1) is 9.24 Å². The Morgan fingerprint density at radius 2 is 1.57 bits per heavy atom. The van der Waals surface area contributed by atoms with Crippen molar-refractivity contribution in [1.29, 1.82) is 0 Å². The van der Waals surface area contributed by atoms with Gasteiger partial charge in [0.05, 0.1) is 23.8 Å². The molecule has 0 saturated heterocycles. The van der Waals surface area contributed by atoms with Crippen LogP contribution < -0.4 is 14.5 Å². The van der Waals surface area contributed by atoms with Crippen LogP contribution in [0.4, 0.5) is 17.1 Å². The molecule has 2 radical (unpaired) electrons. The first-order chi connectivity index (χ1) is 10.3. The van der Waals surface area contributed by atoms with Gasteiger partial charge in [-0.1, -0.05) is 0 Å². The van der Waals surface area contributed by atoms with E-state index in [4.69, 9.17) is 9.99 Å². The van der Waals surface area contributed by atoms with E-state index < -0.39 is 0 Å². The Hall–Kier alpha value is -0.0822. The summed E-state index contributed by atoms with van der Waals surface area (Å²) in [6, 6.07) is 13.9. The third-order valence-corrected chi connectivity index (χ3v) is 3.10. The van der Waals surface area contributed by atoms with E-state index in [2.05, 4.69) is 14.3 Å². The summed E-state index contributed by atoms with van der Waals surface area (Å²) in [6.07, 6.45) is 0. The number of nitroso groups, excluding NO2 is 1. The third kappa shape index (κ3) is 6.74. The first-order valence-electron chi connectivity index (χ1n) is 5.89. The van der Waals surface area contributed by atoms with E-state index >= 15 is 0 Å². The maximum Gasteiger partial charge on any atom is 0.148 e. The van der Waals surface area contributed by atoms with Crippen LogP contribution >= 0.6 is 12.2 Å². The Bertz CT molecular complexity index is 587. The number of nitrogens with one attached hydrogen (secondary N) is 1. The van der Waals surface area contributed by atoms with Gasteiger partial charge in [0, 0.05) is 71.1 Å². The van der Waals surface area contributed by atoms with Gasteiger partial charge in [-0.05, 0) is 48.5 Å². The second kappa shape index (κ2) is 12.3. The molecule has 0 atom stereocenters. The molecule has 23 heavy (non-hydrogen) atoms. The first kappa shape index (κ1) is 22.9. The molecule has 10 heteroatoms.